The third-order valence-corrected chi connectivity index (χ3v) is 7.49. The third kappa shape index (κ3) is 5.97. The minimum atomic E-state index is -3.85. The minimum Gasteiger partial charge on any atom is -0.348 e. The van der Waals surface area contributed by atoms with Crippen molar-refractivity contribution in [2.24, 2.45) is 0 Å². The maximum atomic E-state index is 13.2. The zero-order valence-corrected chi connectivity index (χ0v) is 19.4. The van der Waals surface area contributed by atoms with E-state index in [1.165, 1.54) is 16.7 Å². The molecule has 31 heavy (non-hydrogen) atoms. The van der Waals surface area contributed by atoms with E-state index < -0.39 is 21.3 Å². The van der Waals surface area contributed by atoms with E-state index in [2.05, 4.69) is 4.72 Å². The van der Waals surface area contributed by atoms with Crippen LogP contribution in [0.5, 0.6) is 0 Å². The van der Waals surface area contributed by atoms with Gasteiger partial charge in [0.25, 0.3) is 0 Å². The summed E-state index contributed by atoms with van der Waals surface area (Å²) in [5, 5.41) is -0.694. The standard InChI is InChI=1S/C24H26N2O3S2/c1-18-14-16-21(17-15-18)31(28,29)25-22(19-10-6-4-7-11-19)23(24(27)26(2)3)30-20-12-8-5-9-13-20/h4-17,22-23,25H,1-3H3/t22-,23+/m1/s1. The molecule has 3 aromatic carbocycles. The molecule has 0 aliphatic rings. The highest BCUT2D eigenvalue weighted by Crippen LogP contribution is 2.34. The number of sulfonamides is 1. The average Bonchev–Trinajstić information content (AvgIpc) is 2.77. The van der Waals surface area contributed by atoms with Gasteiger partial charge in [-0.2, -0.15) is 0 Å². The summed E-state index contributed by atoms with van der Waals surface area (Å²) in [6.07, 6.45) is 0. The van der Waals surface area contributed by atoms with Crippen molar-refractivity contribution in [3.8, 4) is 0 Å². The SMILES string of the molecule is Cc1ccc(S(=O)(=O)N[C@H](c2ccccc2)[C@H](Sc2ccccc2)C(=O)N(C)C)cc1. The number of hydrogen-bond acceptors (Lipinski definition) is 4. The summed E-state index contributed by atoms with van der Waals surface area (Å²) < 4.78 is 29.3. The Labute approximate surface area is 188 Å². The average molecular weight is 455 g/mol. The molecule has 162 valence electrons. The molecular weight excluding hydrogens is 428 g/mol. The van der Waals surface area contributed by atoms with Crippen LogP contribution in [0.4, 0.5) is 0 Å². The predicted molar refractivity (Wildman–Crippen MR) is 125 cm³/mol. The monoisotopic (exact) mass is 454 g/mol. The van der Waals surface area contributed by atoms with Crippen LogP contribution in [0, 0.1) is 6.92 Å². The van der Waals surface area contributed by atoms with Crippen LogP contribution in [0.2, 0.25) is 0 Å². The first-order chi connectivity index (χ1) is 14.8. The van der Waals surface area contributed by atoms with Crippen LogP contribution < -0.4 is 4.72 Å². The van der Waals surface area contributed by atoms with Gasteiger partial charge in [-0.3, -0.25) is 4.79 Å². The largest absolute Gasteiger partial charge is 0.348 e. The smallest absolute Gasteiger partial charge is 0.241 e. The van der Waals surface area contributed by atoms with Crippen LogP contribution in [0.3, 0.4) is 0 Å². The molecule has 0 spiro atoms. The summed E-state index contributed by atoms with van der Waals surface area (Å²) in [6.45, 7) is 1.90. The summed E-state index contributed by atoms with van der Waals surface area (Å²) in [5.74, 6) is -0.172. The third-order valence-electron chi connectivity index (χ3n) is 4.77. The van der Waals surface area contributed by atoms with Crippen molar-refractivity contribution in [1.82, 2.24) is 9.62 Å². The number of aryl methyl sites for hydroxylation is 1. The molecule has 1 amide bonds. The molecule has 7 heteroatoms. The maximum absolute atomic E-state index is 13.2. The van der Waals surface area contributed by atoms with E-state index in [0.717, 1.165) is 16.0 Å². The Morgan fingerprint density at radius 1 is 0.871 bits per heavy atom. The number of hydrogen-bond donors (Lipinski definition) is 1. The van der Waals surface area contributed by atoms with Gasteiger partial charge >= 0.3 is 0 Å². The van der Waals surface area contributed by atoms with Gasteiger partial charge in [0.15, 0.2) is 0 Å². The fourth-order valence-corrected chi connectivity index (χ4v) is 5.68. The van der Waals surface area contributed by atoms with Crippen molar-refractivity contribution < 1.29 is 13.2 Å². The molecule has 0 aliphatic carbocycles. The van der Waals surface area contributed by atoms with Gasteiger partial charge in [-0.25, -0.2) is 13.1 Å². The van der Waals surface area contributed by atoms with Crippen LogP contribution in [0.15, 0.2) is 94.7 Å². The Bertz CT molecular complexity index is 1100. The molecule has 2 atom stereocenters. The molecule has 0 aromatic heterocycles. The Hall–Kier alpha value is -2.61. The van der Waals surface area contributed by atoms with E-state index in [9.17, 15) is 13.2 Å². The van der Waals surface area contributed by atoms with Gasteiger partial charge in [-0.05, 0) is 36.8 Å². The number of amides is 1. The molecule has 3 aromatic rings. The molecule has 0 aliphatic heterocycles. The van der Waals surface area contributed by atoms with Crippen molar-refractivity contribution in [3.63, 3.8) is 0 Å². The lowest BCUT2D eigenvalue weighted by atomic mass is 10.0. The highest BCUT2D eigenvalue weighted by atomic mass is 32.2. The number of carbonyl (C=O) groups is 1. The van der Waals surface area contributed by atoms with Crippen molar-refractivity contribution in [2.75, 3.05) is 14.1 Å². The number of rotatable bonds is 8. The molecule has 5 nitrogen and oxygen atoms in total. The Balaban J connectivity index is 2.05. The molecule has 0 heterocycles. The maximum Gasteiger partial charge on any atom is 0.241 e. The second kappa shape index (κ2) is 10.1. The molecule has 0 saturated heterocycles. The van der Waals surface area contributed by atoms with Crippen LogP contribution in [-0.2, 0) is 14.8 Å². The molecule has 0 unspecified atom stereocenters. The van der Waals surface area contributed by atoms with Crippen molar-refractivity contribution in [3.05, 3.63) is 96.1 Å². The van der Waals surface area contributed by atoms with Gasteiger partial charge in [0.1, 0.15) is 5.25 Å². The first kappa shape index (κ1) is 23.1. The highest BCUT2D eigenvalue weighted by molar-refractivity contribution is 8.00. The van der Waals surface area contributed by atoms with Crippen LogP contribution in [0.1, 0.15) is 17.2 Å². The number of carbonyl (C=O) groups excluding carboxylic acids is 1. The molecule has 1 N–H and O–H groups in total. The van der Waals surface area contributed by atoms with E-state index in [-0.39, 0.29) is 10.8 Å². The summed E-state index contributed by atoms with van der Waals surface area (Å²) in [5.41, 5.74) is 1.70. The first-order valence-corrected chi connectivity index (χ1v) is 12.2. The summed E-state index contributed by atoms with van der Waals surface area (Å²) in [7, 11) is -0.499. The second-order valence-corrected chi connectivity index (χ2v) is 10.3. The Morgan fingerprint density at radius 3 is 1.97 bits per heavy atom. The quantitative estimate of drug-likeness (QED) is 0.517. The van der Waals surface area contributed by atoms with Gasteiger partial charge in [0, 0.05) is 19.0 Å². The van der Waals surface area contributed by atoms with Crippen LogP contribution in [-0.4, -0.2) is 38.6 Å². The fraction of sp³-hybridized carbons (Fsp3) is 0.208. The fourth-order valence-electron chi connectivity index (χ4n) is 3.08. The number of thioether (sulfide) groups is 1. The predicted octanol–water partition coefficient (Wildman–Crippen LogP) is 4.26. The van der Waals surface area contributed by atoms with E-state index >= 15 is 0 Å². The van der Waals surface area contributed by atoms with Crippen molar-refractivity contribution in [2.45, 2.75) is 28.0 Å². The normalized spacial score (nSPS) is 13.4. The Morgan fingerprint density at radius 2 is 1.42 bits per heavy atom. The minimum absolute atomic E-state index is 0.166. The lowest BCUT2D eigenvalue weighted by Crippen LogP contribution is -2.43. The number of nitrogens with one attached hydrogen (secondary N) is 1. The molecular formula is C24H26N2O3S2. The van der Waals surface area contributed by atoms with Gasteiger partial charge in [-0.15, -0.1) is 11.8 Å². The topological polar surface area (TPSA) is 66.5 Å². The zero-order chi connectivity index (χ0) is 22.4. The highest BCUT2D eigenvalue weighted by Gasteiger charge is 2.35. The van der Waals surface area contributed by atoms with Gasteiger partial charge in [0.2, 0.25) is 15.9 Å². The number of benzene rings is 3. The van der Waals surface area contributed by atoms with E-state index in [1.54, 1.807) is 38.4 Å². The molecule has 0 fully saturated rings. The van der Waals surface area contributed by atoms with Crippen LogP contribution >= 0.6 is 11.8 Å². The Kier molecular flexibility index (Phi) is 7.54. The lowest BCUT2D eigenvalue weighted by molar-refractivity contribution is -0.128. The lowest BCUT2D eigenvalue weighted by Gasteiger charge is -2.29. The molecule has 0 radical (unpaired) electrons. The van der Waals surface area contributed by atoms with Crippen molar-refractivity contribution >= 4 is 27.7 Å². The van der Waals surface area contributed by atoms with Gasteiger partial charge < -0.3 is 4.90 Å². The molecule has 3 rings (SSSR count). The first-order valence-electron chi connectivity index (χ1n) is 9.85. The van der Waals surface area contributed by atoms with Crippen LogP contribution in [0.25, 0.3) is 0 Å². The zero-order valence-electron chi connectivity index (χ0n) is 17.7. The molecule has 0 saturated carbocycles. The summed E-state index contributed by atoms with van der Waals surface area (Å²) >= 11 is 1.35. The summed E-state index contributed by atoms with van der Waals surface area (Å²) in [6, 6.07) is 24.7. The number of nitrogens with zero attached hydrogens (tertiary/aromatic N) is 1. The van der Waals surface area contributed by atoms with E-state index in [0.29, 0.717) is 0 Å². The van der Waals surface area contributed by atoms with Gasteiger partial charge in [0.05, 0.1) is 10.9 Å². The van der Waals surface area contributed by atoms with E-state index in [4.69, 9.17) is 0 Å². The molecule has 0 bridgehead atoms. The van der Waals surface area contributed by atoms with Crippen molar-refractivity contribution in [1.29, 1.82) is 0 Å². The van der Waals surface area contributed by atoms with E-state index in [1.807, 2.05) is 67.6 Å². The van der Waals surface area contributed by atoms with Gasteiger partial charge in [-0.1, -0.05) is 66.2 Å². The second-order valence-electron chi connectivity index (χ2n) is 7.41. The summed E-state index contributed by atoms with van der Waals surface area (Å²) in [4.78, 5) is 15.7.